The highest BCUT2D eigenvalue weighted by atomic mass is 16.5. The van der Waals surface area contributed by atoms with Gasteiger partial charge in [0.15, 0.2) is 0 Å². The Hall–Kier alpha value is -2.58. The third-order valence-electron chi connectivity index (χ3n) is 3.94. The topological polar surface area (TPSA) is 95.8 Å². The van der Waals surface area contributed by atoms with E-state index in [1.165, 1.54) is 5.56 Å². The molecule has 1 aliphatic rings. The predicted octanol–water partition coefficient (Wildman–Crippen LogP) is 1.39. The summed E-state index contributed by atoms with van der Waals surface area (Å²) in [5.74, 6) is 1.66. The van der Waals surface area contributed by atoms with Crippen molar-refractivity contribution >= 4 is 18.1 Å². The van der Waals surface area contributed by atoms with Crippen LogP contribution in [0.3, 0.4) is 0 Å². The number of ether oxygens (including phenoxy) is 1. The van der Waals surface area contributed by atoms with Gasteiger partial charge in [0.2, 0.25) is 11.9 Å². The van der Waals surface area contributed by atoms with Gasteiger partial charge in [0.1, 0.15) is 5.82 Å². The first-order valence-corrected chi connectivity index (χ1v) is 8.79. The molecule has 8 nitrogen and oxygen atoms in total. The molecule has 2 aromatic rings. The average molecular weight is 356 g/mol. The monoisotopic (exact) mass is 356 g/mol. The zero-order valence-corrected chi connectivity index (χ0v) is 14.9. The molecule has 0 radical (unpaired) electrons. The van der Waals surface area contributed by atoms with Crippen molar-refractivity contribution in [2.75, 3.05) is 43.2 Å². The fourth-order valence-electron chi connectivity index (χ4n) is 2.63. The summed E-state index contributed by atoms with van der Waals surface area (Å²) in [7, 11) is 0. The highest BCUT2D eigenvalue weighted by Gasteiger charge is 2.16. The minimum atomic E-state index is 0.104. The van der Waals surface area contributed by atoms with E-state index in [1.54, 1.807) is 6.21 Å². The molecule has 0 unspecified atom stereocenters. The Labute approximate surface area is 153 Å². The summed E-state index contributed by atoms with van der Waals surface area (Å²) < 4.78 is 5.39. The van der Waals surface area contributed by atoms with E-state index >= 15 is 0 Å². The third kappa shape index (κ3) is 5.21. The van der Waals surface area contributed by atoms with E-state index in [2.05, 4.69) is 30.4 Å². The van der Waals surface area contributed by atoms with Gasteiger partial charge in [-0.05, 0) is 18.9 Å². The van der Waals surface area contributed by atoms with Crippen LogP contribution in [0.1, 0.15) is 23.4 Å². The molecule has 8 heteroatoms. The van der Waals surface area contributed by atoms with Crippen molar-refractivity contribution < 1.29 is 9.84 Å². The van der Waals surface area contributed by atoms with Crippen molar-refractivity contribution in [3.63, 3.8) is 0 Å². The van der Waals surface area contributed by atoms with Gasteiger partial charge in [0.05, 0.1) is 19.4 Å². The highest BCUT2D eigenvalue weighted by Crippen LogP contribution is 2.13. The molecule has 138 valence electrons. The Bertz CT molecular complexity index is 746. The molecule has 2 N–H and O–H groups in total. The maximum Gasteiger partial charge on any atom is 0.248 e. The quantitative estimate of drug-likeness (QED) is 0.572. The number of rotatable bonds is 7. The molecule has 1 saturated heterocycles. The molecule has 0 atom stereocenters. The van der Waals surface area contributed by atoms with Crippen LogP contribution in [0.25, 0.3) is 0 Å². The largest absolute Gasteiger partial charge is 0.396 e. The smallest absolute Gasteiger partial charge is 0.248 e. The van der Waals surface area contributed by atoms with Gasteiger partial charge in [0.25, 0.3) is 0 Å². The number of aromatic nitrogens is 3. The SMILES string of the molecule is Cc1cccc(C=NNc2nc(CCCO)nc(N3CCOCC3)n2)c1. The molecule has 2 heterocycles. The molecule has 1 fully saturated rings. The van der Waals surface area contributed by atoms with Crippen LogP contribution in [0.5, 0.6) is 0 Å². The Kier molecular flexibility index (Phi) is 6.45. The van der Waals surface area contributed by atoms with Gasteiger partial charge < -0.3 is 14.7 Å². The van der Waals surface area contributed by atoms with E-state index in [9.17, 15) is 0 Å². The molecule has 1 aromatic carbocycles. The van der Waals surface area contributed by atoms with Crippen molar-refractivity contribution in [1.82, 2.24) is 15.0 Å². The van der Waals surface area contributed by atoms with Crippen LogP contribution in [0.15, 0.2) is 29.4 Å². The van der Waals surface area contributed by atoms with Crippen LogP contribution in [0.4, 0.5) is 11.9 Å². The highest BCUT2D eigenvalue weighted by molar-refractivity contribution is 5.80. The van der Waals surface area contributed by atoms with Crippen LogP contribution in [0.2, 0.25) is 0 Å². The second-order valence-electron chi connectivity index (χ2n) is 6.09. The maximum absolute atomic E-state index is 9.07. The van der Waals surface area contributed by atoms with Gasteiger partial charge in [-0.2, -0.15) is 20.1 Å². The molecule has 0 aliphatic carbocycles. The van der Waals surface area contributed by atoms with Crippen LogP contribution < -0.4 is 10.3 Å². The molecule has 0 bridgehead atoms. The molecule has 26 heavy (non-hydrogen) atoms. The van der Waals surface area contributed by atoms with Crippen LogP contribution in [-0.4, -0.2) is 59.2 Å². The van der Waals surface area contributed by atoms with E-state index in [4.69, 9.17) is 9.84 Å². The zero-order chi connectivity index (χ0) is 18.2. The van der Waals surface area contributed by atoms with Crippen molar-refractivity contribution in [1.29, 1.82) is 0 Å². The molecule has 1 aliphatic heterocycles. The molecule has 0 amide bonds. The lowest BCUT2D eigenvalue weighted by Crippen LogP contribution is -2.37. The minimum Gasteiger partial charge on any atom is -0.396 e. The number of aryl methyl sites for hydroxylation is 2. The first-order valence-electron chi connectivity index (χ1n) is 8.79. The number of anilines is 2. The molecule has 0 saturated carbocycles. The van der Waals surface area contributed by atoms with Gasteiger partial charge in [0, 0.05) is 26.1 Å². The lowest BCUT2D eigenvalue weighted by molar-refractivity contribution is 0.122. The van der Waals surface area contributed by atoms with Crippen molar-refractivity contribution in [3.05, 3.63) is 41.2 Å². The van der Waals surface area contributed by atoms with E-state index in [0.717, 1.165) is 18.7 Å². The molecule has 3 rings (SSSR count). The number of hydrazone groups is 1. The Morgan fingerprint density at radius 2 is 2.12 bits per heavy atom. The number of benzene rings is 1. The van der Waals surface area contributed by atoms with Gasteiger partial charge in [-0.1, -0.05) is 29.8 Å². The summed E-state index contributed by atoms with van der Waals surface area (Å²) in [5, 5.41) is 13.3. The van der Waals surface area contributed by atoms with E-state index in [-0.39, 0.29) is 6.61 Å². The zero-order valence-electron chi connectivity index (χ0n) is 14.9. The lowest BCUT2D eigenvalue weighted by Gasteiger charge is -2.27. The first kappa shape index (κ1) is 18.2. The van der Waals surface area contributed by atoms with Crippen molar-refractivity contribution in [3.8, 4) is 0 Å². The minimum absolute atomic E-state index is 0.104. The number of nitrogens with one attached hydrogen (secondary N) is 1. The number of hydrogen-bond acceptors (Lipinski definition) is 8. The predicted molar refractivity (Wildman–Crippen MR) is 101 cm³/mol. The maximum atomic E-state index is 9.07. The first-order chi connectivity index (χ1) is 12.7. The van der Waals surface area contributed by atoms with E-state index in [1.807, 2.05) is 31.2 Å². The molecular formula is C18H24N6O2. The number of morpholine rings is 1. The number of nitrogens with zero attached hydrogens (tertiary/aromatic N) is 5. The summed E-state index contributed by atoms with van der Waals surface area (Å²) in [4.78, 5) is 15.5. The number of aliphatic hydroxyl groups excluding tert-OH is 1. The Morgan fingerprint density at radius 3 is 2.88 bits per heavy atom. The van der Waals surface area contributed by atoms with Crippen molar-refractivity contribution in [2.24, 2.45) is 5.10 Å². The van der Waals surface area contributed by atoms with Crippen LogP contribution in [-0.2, 0) is 11.2 Å². The summed E-state index contributed by atoms with van der Waals surface area (Å²) >= 11 is 0. The van der Waals surface area contributed by atoms with E-state index < -0.39 is 0 Å². The summed E-state index contributed by atoms with van der Waals surface area (Å²) in [6.45, 7) is 4.95. The van der Waals surface area contributed by atoms with Crippen molar-refractivity contribution in [2.45, 2.75) is 19.8 Å². The van der Waals surface area contributed by atoms with Crippen LogP contribution in [0, 0.1) is 6.92 Å². The Morgan fingerprint density at radius 1 is 1.27 bits per heavy atom. The summed E-state index contributed by atoms with van der Waals surface area (Å²) in [5.41, 5.74) is 5.07. The third-order valence-corrected chi connectivity index (χ3v) is 3.94. The normalized spacial score (nSPS) is 14.8. The molecular weight excluding hydrogens is 332 g/mol. The number of hydrogen-bond donors (Lipinski definition) is 2. The fraction of sp³-hybridized carbons (Fsp3) is 0.444. The van der Waals surface area contributed by atoms with Gasteiger partial charge >= 0.3 is 0 Å². The van der Waals surface area contributed by atoms with Gasteiger partial charge in [-0.3, -0.25) is 0 Å². The molecule has 0 spiro atoms. The fourth-order valence-corrected chi connectivity index (χ4v) is 2.63. The van der Waals surface area contributed by atoms with E-state index in [0.29, 0.717) is 43.8 Å². The summed E-state index contributed by atoms with van der Waals surface area (Å²) in [6, 6.07) is 8.06. The summed E-state index contributed by atoms with van der Waals surface area (Å²) in [6.07, 6.45) is 2.93. The average Bonchev–Trinajstić information content (AvgIpc) is 2.67. The Balaban J connectivity index is 1.75. The molecule has 1 aromatic heterocycles. The van der Waals surface area contributed by atoms with Crippen LogP contribution >= 0.6 is 0 Å². The van der Waals surface area contributed by atoms with Gasteiger partial charge in [-0.15, -0.1) is 0 Å². The second-order valence-corrected chi connectivity index (χ2v) is 6.09. The van der Waals surface area contributed by atoms with Gasteiger partial charge in [-0.25, -0.2) is 5.43 Å². The standard InChI is InChI=1S/C18H24N6O2/c1-14-4-2-5-15(12-14)13-19-23-17-20-16(6-3-9-25)21-18(22-17)24-7-10-26-11-8-24/h2,4-5,12-13,25H,3,6-11H2,1H3,(H,20,21,22,23). The lowest BCUT2D eigenvalue weighted by atomic mass is 10.2. The number of aliphatic hydroxyl groups is 1. The second kappa shape index (κ2) is 9.21.